The van der Waals surface area contributed by atoms with Crippen molar-refractivity contribution in [1.29, 1.82) is 0 Å². The van der Waals surface area contributed by atoms with Crippen molar-refractivity contribution in [2.75, 3.05) is 13.2 Å². The predicted octanol–water partition coefficient (Wildman–Crippen LogP) is 2.67. The van der Waals surface area contributed by atoms with Crippen LogP contribution in [0.3, 0.4) is 0 Å². The Morgan fingerprint density at radius 1 is 1.50 bits per heavy atom. The summed E-state index contributed by atoms with van der Waals surface area (Å²) in [6.45, 7) is 3.14. The average Bonchev–Trinajstić information content (AvgIpc) is 2.47. The summed E-state index contributed by atoms with van der Waals surface area (Å²) in [7, 11) is 0. The lowest BCUT2D eigenvalue weighted by molar-refractivity contribution is -0.137. The number of esters is 1. The van der Waals surface area contributed by atoms with Crippen molar-refractivity contribution in [2.24, 2.45) is 0 Å². The molecule has 2 aliphatic rings. The molecular formula is C18H23NO3. The van der Waals surface area contributed by atoms with Crippen molar-refractivity contribution in [3.8, 4) is 5.75 Å². The van der Waals surface area contributed by atoms with E-state index in [0.717, 1.165) is 43.4 Å². The molecule has 0 spiro atoms. The molecule has 4 heteroatoms. The van der Waals surface area contributed by atoms with Crippen LogP contribution in [0, 0.1) is 0 Å². The number of ether oxygens (including phenoxy) is 1. The molecule has 118 valence electrons. The lowest BCUT2D eigenvalue weighted by atomic mass is 9.60. The van der Waals surface area contributed by atoms with Crippen molar-refractivity contribution in [1.82, 2.24) is 5.32 Å². The lowest BCUT2D eigenvalue weighted by Gasteiger charge is -2.48. The number of benzene rings is 1. The van der Waals surface area contributed by atoms with E-state index in [2.05, 4.69) is 11.4 Å². The minimum atomic E-state index is -0.266. The molecule has 1 aliphatic heterocycles. The Hall–Kier alpha value is -1.81. The van der Waals surface area contributed by atoms with E-state index in [-0.39, 0.29) is 23.2 Å². The summed E-state index contributed by atoms with van der Waals surface area (Å²) in [5.41, 5.74) is 2.07. The standard InChI is InChI=1S/C18H23NO3/c1-2-22-17(21)12-15-16-7-4-8-18(15,9-10-19-16)13-5-3-6-14(20)11-13/h3,5-6,11-12,16,19-20H,2,4,7-10H2,1H3/b15-12+/t16-,18-/m0/s1. The number of phenolic OH excluding ortho intramolecular Hbond substituents is 1. The molecule has 0 amide bonds. The quantitative estimate of drug-likeness (QED) is 0.665. The first-order chi connectivity index (χ1) is 10.7. The molecule has 2 atom stereocenters. The number of rotatable bonds is 3. The first-order valence-electron chi connectivity index (χ1n) is 8.07. The van der Waals surface area contributed by atoms with Crippen LogP contribution in [0.15, 0.2) is 35.9 Å². The molecule has 1 aliphatic carbocycles. The highest BCUT2D eigenvalue weighted by molar-refractivity contribution is 5.84. The fourth-order valence-corrected chi connectivity index (χ4v) is 3.99. The minimum Gasteiger partial charge on any atom is -0.508 e. The van der Waals surface area contributed by atoms with E-state index in [9.17, 15) is 9.90 Å². The largest absolute Gasteiger partial charge is 0.508 e. The van der Waals surface area contributed by atoms with Crippen LogP contribution in [-0.4, -0.2) is 30.3 Å². The number of carbonyl (C=O) groups excluding carboxylic acids is 1. The summed E-state index contributed by atoms with van der Waals surface area (Å²) in [5, 5.41) is 13.4. The van der Waals surface area contributed by atoms with Gasteiger partial charge in [-0.3, -0.25) is 0 Å². The molecule has 1 aromatic rings. The Morgan fingerprint density at radius 3 is 3.14 bits per heavy atom. The highest BCUT2D eigenvalue weighted by atomic mass is 16.5. The highest BCUT2D eigenvalue weighted by Gasteiger charge is 2.45. The fourth-order valence-electron chi connectivity index (χ4n) is 3.99. The van der Waals surface area contributed by atoms with Crippen LogP contribution in [0.5, 0.6) is 5.75 Å². The third-order valence-corrected chi connectivity index (χ3v) is 4.93. The van der Waals surface area contributed by atoms with Gasteiger partial charge in [0.25, 0.3) is 0 Å². The van der Waals surface area contributed by atoms with Crippen LogP contribution in [-0.2, 0) is 14.9 Å². The third-order valence-electron chi connectivity index (χ3n) is 4.93. The van der Waals surface area contributed by atoms with E-state index >= 15 is 0 Å². The number of phenols is 1. The Morgan fingerprint density at radius 2 is 2.36 bits per heavy atom. The number of hydrogen-bond acceptors (Lipinski definition) is 4. The lowest BCUT2D eigenvalue weighted by Crippen LogP contribution is -2.52. The van der Waals surface area contributed by atoms with Gasteiger partial charge in [0.15, 0.2) is 0 Å². The van der Waals surface area contributed by atoms with Crippen LogP contribution >= 0.6 is 0 Å². The average molecular weight is 301 g/mol. The summed E-state index contributed by atoms with van der Waals surface area (Å²) in [5.74, 6) is 0.0145. The van der Waals surface area contributed by atoms with Crippen LogP contribution in [0.2, 0.25) is 0 Å². The molecule has 1 aromatic carbocycles. The summed E-state index contributed by atoms with van der Waals surface area (Å²) in [6, 6.07) is 7.71. The number of piperidine rings is 1. The van der Waals surface area contributed by atoms with Gasteiger partial charge in [0.05, 0.1) is 6.61 Å². The van der Waals surface area contributed by atoms with Crippen molar-refractivity contribution in [2.45, 2.75) is 44.1 Å². The van der Waals surface area contributed by atoms with Gasteiger partial charge < -0.3 is 15.2 Å². The SMILES string of the molecule is CCOC(=O)/C=C1\[C@@H]2CCC[C@@]1(c1cccc(O)c1)CCN2. The first-order valence-corrected chi connectivity index (χ1v) is 8.07. The van der Waals surface area contributed by atoms with E-state index in [1.54, 1.807) is 12.1 Å². The van der Waals surface area contributed by atoms with Gasteiger partial charge in [-0.1, -0.05) is 18.6 Å². The molecule has 2 N–H and O–H groups in total. The monoisotopic (exact) mass is 301 g/mol. The van der Waals surface area contributed by atoms with Gasteiger partial charge in [0, 0.05) is 17.5 Å². The molecule has 1 heterocycles. The number of aromatic hydroxyl groups is 1. The Bertz CT molecular complexity index is 584. The van der Waals surface area contributed by atoms with E-state index in [0.29, 0.717) is 6.61 Å². The summed E-state index contributed by atoms with van der Waals surface area (Å²) >= 11 is 0. The number of hydrogen-bond donors (Lipinski definition) is 2. The van der Waals surface area contributed by atoms with Gasteiger partial charge in [-0.05, 0) is 56.0 Å². The predicted molar refractivity (Wildman–Crippen MR) is 84.8 cm³/mol. The topological polar surface area (TPSA) is 58.6 Å². The van der Waals surface area contributed by atoms with Crippen molar-refractivity contribution < 1.29 is 14.6 Å². The van der Waals surface area contributed by atoms with Crippen molar-refractivity contribution in [3.63, 3.8) is 0 Å². The van der Waals surface area contributed by atoms with E-state index in [1.807, 2.05) is 19.1 Å². The van der Waals surface area contributed by atoms with Crippen LogP contribution in [0.1, 0.15) is 38.2 Å². The Labute approximate surface area is 131 Å². The second-order valence-electron chi connectivity index (χ2n) is 6.13. The van der Waals surface area contributed by atoms with Gasteiger partial charge in [0.2, 0.25) is 0 Å². The third kappa shape index (κ3) is 2.63. The summed E-state index contributed by atoms with van der Waals surface area (Å²) < 4.78 is 5.12. The number of fused-ring (bicyclic) bond motifs is 2. The maximum atomic E-state index is 12.0. The second kappa shape index (κ2) is 6.13. The Kier molecular flexibility index (Phi) is 4.21. The summed E-state index contributed by atoms with van der Waals surface area (Å²) in [6.07, 6.45) is 5.81. The van der Waals surface area contributed by atoms with Gasteiger partial charge in [0.1, 0.15) is 5.75 Å². The molecule has 0 unspecified atom stereocenters. The number of nitrogens with one attached hydrogen (secondary N) is 1. The minimum absolute atomic E-state index is 0.153. The molecule has 0 aromatic heterocycles. The molecule has 4 nitrogen and oxygen atoms in total. The van der Waals surface area contributed by atoms with Gasteiger partial charge in [-0.25, -0.2) is 4.79 Å². The van der Waals surface area contributed by atoms with Crippen LogP contribution in [0.25, 0.3) is 0 Å². The smallest absolute Gasteiger partial charge is 0.330 e. The van der Waals surface area contributed by atoms with Crippen LogP contribution in [0.4, 0.5) is 0 Å². The first kappa shape index (κ1) is 15.1. The van der Waals surface area contributed by atoms with Crippen LogP contribution < -0.4 is 5.32 Å². The molecule has 2 bridgehead atoms. The maximum absolute atomic E-state index is 12.0. The second-order valence-corrected chi connectivity index (χ2v) is 6.13. The zero-order valence-corrected chi connectivity index (χ0v) is 13.0. The molecule has 3 rings (SSSR count). The molecule has 22 heavy (non-hydrogen) atoms. The normalized spacial score (nSPS) is 29.3. The number of carbonyl (C=O) groups is 1. The fraction of sp³-hybridized carbons (Fsp3) is 0.500. The van der Waals surface area contributed by atoms with E-state index < -0.39 is 0 Å². The zero-order chi connectivity index (χ0) is 15.6. The summed E-state index contributed by atoms with van der Waals surface area (Å²) in [4.78, 5) is 12.0. The molecule has 1 saturated heterocycles. The molecule has 1 saturated carbocycles. The van der Waals surface area contributed by atoms with E-state index in [4.69, 9.17) is 4.74 Å². The Balaban J connectivity index is 2.05. The zero-order valence-electron chi connectivity index (χ0n) is 13.0. The highest BCUT2D eigenvalue weighted by Crippen LogP contribution is 2.48. The van der Waals surface area contributed by atoms with Gasteiger partial charge >= 0.3 is 5.97 Å². The van der Waals surface area contributed by atoms with Gasteiger partial charge in [-0.15, -0.1) is 0 Å². The van der Waals surface area contributed by atoms with Crippen molar-refractivity contribution >= 4 is 5.97 Å². The van der Waals surface area contributed by atoms with E-state index in [1.165, 1.54) is 0 Å². The maximum Gasteiger partial charge on any atom is 0.330 e. The molecular weight excluding hydrogens is 278 g/mol. The molecule has 2 fully saturated rings. The molecule has 0 radical (unpaired) electrons. The van der Waals surface area contributed by atoms with Gasteiger partial charge in [-0.2, -0.15) is 0 Å². The van der Waals surface area contributed by atoms with Crippen molar-refractivity contribution in [3.05, 3.63) is 41.5 Å².